The number of hydrogen-bond donors (Lipinski definition) is 2. The lowest BCUT2D eigenvalue weighted by Gasteiger charge is -2.13. The number of rotatable bonds is 7. The van der Waals surface area contributed by atoms with Crippen LogP contribution in [0.25, 0.3) is 0 Å². The van der Waals surface area contributed by atoms with Crippen molar-refractivity contribution in [3.63, 3.8) is 0 Å². The van der Waals surface area contributed by atoms with Crippen molar-refractivity contribution >= 4 is 29.4 Å². The number of nitrogens with one attached hydrogen (secondary N) is 1. The molecule has 0 aromatic carbocycles. The molecule has 0 aliphatic heterocycles. The highest BCUT2D eigenvalue weighted by molar-refractivity contribution is 7.08. The van der Waals surface area contributed by atoms with Gasteiger partial charge in [0, 0.05) is 6.42 Å². The fourth-order valence-corrected chi connectivity index (χ4v) is 2.30. The third kappa shape index (κ3) is 4.78. The van der Waals surface area contributed by atoms with Crippen LogP contribution in [0, 0.1) is 0 Å². The van der Waals surface area contributed by atoms with Gasteiger partial charge in [-0.3, -0.25) is 9.59 Å². The fraction of sp³-hybridized carbons (Fsp3) is 0.583. The average molecular weight is 315 g/mol. The molecule has 1 aromatic heterocycles. The van der Waals surface area contributed by atoms with E-state index in [1.807, 2.05) is 13.8 Å². The summed E-state index contributed by atoms with van der Waals surface area (Å²) in [5.41, 5.74) is 0.523. The van der Waals surface area contributed by atoms with Gasteiger partial charge < -0.3 is 15.2 Å². The lowest BCUT2D eigenvalue weighted by atomic mass is 10.1. The Kier molecular flexibility index (Phi) is 6.22. The Morgan fingerprint density at radius 3 is 2.57 bits per heavy atom. The van der Waals surface area contributed by atoms with Crippen molar-refractivity contribution < 1.29 is 24.2 Å². The van der Waals surface area contributed by atoms with Crippen LogP contribution in [0.2, 0.25) is 0 Å². The van der Waals surface area contributed by atoms with Gasteiger partial charge >= 0.3 is 11.9 Å². The highest BCUT2D eigenvalue weighted by atomic mass is 32.1. The van der Waals surface area contributed by atoms with Gasteiger partial charge in [0.25, 0.3) is 5.91 Å². The van der Waals surface area contributed by atoms with Gasteiger partial charge in [0.05, 0.1) is 12.8 Å². The van der Waals surface area contributed by atoms with Gasteiger partial charge in [0.2, 0.25) is 0 Å². The van der Waals surface area contributed by atoms with Gasteiger partial charge in [-0.05, 0) is 23.9 Å². The molecule has 0 aliphatic carbocycles. The average Bonchev–Trinajstić information content (AvgIpc) is 2.91. The van der Waals surface area contributed by atoms with Gasteiger partial charge in [-0.2, -0.15) is 0 Å². The zero-order chi connectivity index (χ0) is 16.0. The van der Waals surface area contributed by atoms with E-state index in [4.69, 9.17) is 5.11 Å². The van der Waals surface area contributed by atoms with Crippen molar-refractivity contribution in [3.8, 4) is 0 Å². The lowest BCUT2D eigenvalue weighted by Crippen LogP contribution is -2.41. The van der Waals surface area contributed by atoms with Crippen LogP contribution in [0.4, 0.5) is 0 Å². The Hall–Kier alpha value is -2.03. The molecule has 1 aromatic rings. The normalized spacial score (nSPS) is 12.0. The second-order valence-electron chi connectivity index (χ2n) is 4.62. The molecule has 9 heteroatoms. The van der Waals surface area contributed by atoms with Crippen LogP contribution in [0.1, 0.15) is 48.0 Å². The number of esters is 1. The quantitative estimate of drug-likeness (QED) is 0.714. The molecular weight excluding hydrogens is 298 g/mol. The van der Waals surface area contributed by atoms with Crippen molar-refractivity contribution in [2.75, 3.05) is 7.11 Å². The van der Waals surface area contributed by atoms with E-state index in [2.05, 4.69) is 19.6 Å². The van der Waals surface area contributed by atoms with Crippen LogP contribution < -0.4 is 5.32 Å². The maximum atomic E-state index is 12.1. The first-order valence-electron chi connectivity index (χ1n) is 6.29. The van der Waals surface area contributed by atoms with E-state index in [-0.39, 0.29) is 23.6 Å². The minimum absolute atomic E-state index is 0.00264. The largest absolute Gasteiger partial charge is 0.480 e. The maximum Gasteiger partial charge on any atom is 0.326 e. The van der Waals surface area contributed by atoms with Crippen LogP contribution in [-0.2, 0) is 14.3 Å². The number of aliphatic carboxylic acids is 1. The molecule has 21 heavy (non-hydrogen) atoms. The molecule has 0 spiro atoms. The highest BCUT2D eigenvalue weighted by Gasteiger charge is 2.25. The molecule has 0 radical (unpaired) electrons. The highest BCUT2D eigenvalue weighted by Crippen LogP contribution is 2.19. The summed E-state index contributed by atoms with van der Waals surface area (Å²) >= 11 is 0.911. The zero-order valence-corrected chi connectivity index (χ0v) is 12.8. The number of amides is 1. The predicted molar refractivity (Wildman–Crippen MR) is 74.1 cm³/mol. The van der Waals surface area contributed by atoms with Gasteiger partial charge in [-0.1, -0.05) is 18.3 Å². The predicted octanol–water partition coefficient (Wildman–Crippen LogP) is 0.798. The summed E-state index contributed by atoms with van der Waals surface area (Å²) in [5.74, 6) is -2.29. The molecule has 1 rings (SSSR count). The number of aromatic nitrogens is 2. The number of hydrogen-bond acceptors (Lipinski definition) is 7. The Morgan fingerprint density at radius 2 is 2.05 bits per heavy atom. The first-order valence-corrected chi connectivity index (χ1v) is 7.06. The number of carboxylic acid groups (broad SMARTS) is 1. The number of carbonyl (C=O) groups is 3. The number of nitrogens with zero attached hydrogens (tertiary/aromatic N) is 2. The molecule has 2 N–H and O–H groups in total. The van der Waals surface area contributed by atoms with Crippen LogP contribution >= 0.6 is 11.5 Å². The topological polar surface area (TPSA) is 118 Å². The van der Waals surface area contributed by atoms with Gasteiger partial charge in [0.1, 0.15) is 10.9 Å². The van der Waals surface area contributed by atoms with Crippen LogP contribution in [0.5, 0.6) is 0 Å². The lowest BCUT2D eigenvalue weighted by molar-refractivity contribution is -0.142. The van der Waals surface area contributed by atoms with Crippen molar-refractivity contribution in [1.82, 2.24) is 14.9 Å². The second kappa shape index (κ2) is 7.67. The monoisotopic (exact) mass is 315 g/mol. The minimum atomic E-state index is -1.21. The number of carbonyl (C=O) groups excluding carboxylic acids is 2. The van der Waals surface area contributed by atoms with E-state index in [9.17, 15) is 14.4 Å². The third-order valence-corrected chi connectivity index (χ3v) is 3.48. The zero-order valence-electron chi connectivity index (χ0n) is 12.0. The molecule has 116 valence electrons. The number of carboxylic acids is 1. The summed E-state index contributed by atoms with van der Waals surface area (Å²) < 4.78 is 8.16. The van der Waals surface area contributed by atoms with E-state index in [1.165, 1.54) is 7.11 Å². The van der Waals surface area contributed by atoms with E-state index < -0.39 is 23.9 Å². The smallest absolute Gasteiger partial charge is 0.326 e. The van der Waals surface area contributed by atoms with Crippen molar-refractivity contribution in [2.45, 2.75) is 38.6 Å². The Labute approximate surface area is 125 Å². The first kappa shape index (κ1) is 17.0. The molecule has 0 bridgehead atoms. The molecule has 0 unspecified atom stereocenters. The molecule has 0 aliphatic rings. The minimum Gasteiger partial charge on any atom is -0.480 e. The molecule has 0 fully saturated rings. The van der Waals surface area contributed by atoms with E-state index >= 15 is 0 Å². The molecular formula is C12H17N3O5S. The van der Waals surface area contributed by atoms with Crippen molar-refractivity contribution in [1.29, 1.82) is 0 Å². The van der Waals surface area contributed by atoms with E-state index in [0.717, 1.165) is 11.5 Å². The molecule has 1 atom stereocenters. The van der Waals surface area contributed by atoms with Crippen molar-refractivity contribution in [3.05, 3.63) is 10.6 Å². The SMILES string of the molecule is COC(=O)CC[C@@H](NC(=O)c1snnc1C(C)C)C(=O)O. The standard InChI is InChI=1S/C12H17N3O5S/c1-6(2)9-10(21-15-14-9)11(17)13-7(12(18)19)4-5-8(16)20-3/h6-7H,4-5H2,1-3H3,(H,13,17)(H,18,19)/t7-/m1/s1. The Bertz CT molecular complexity index is 529. The van der Waals surface area contributed by atoms with E-state index in [0.29, 0.717) is 5.69 Å². The molecule has 1 amide bonds. The van der Waals surface area contributed by atoms with Gasteiger partial charge in [-0.25, -0.2) is 4.79 Å². The second-order valence-corrected chi connectivity index (χ2v) is 5.38. The summed E-state index contributed by atoms with van der Waals surface area (Å²) in [4.78, 5) is 34.6. The summed E-state index contributed by atoms with van der Waals surface area (Å²) in [7, 11) is 1.22. The molecule has 8 nitrogen and oxygen atoms in total. The van der Waals surface area contributed by atoms with Crippen molar-refractivity contribution in [2.24, 2.45) is 0 Å². The summed E-state index contributed by atoms with van der Waals surface area (Å²) in [5, 5.41) is 15.3. The number of ether oxygens (including phenoxy) is 1. The molecule has 0 saturated heterocycles. The molecule has 0 saturated carbocycles. The maximum absolute atomic E-state index is 12.1. The van der Waals surface area contributed by atoms with Gasteiger partial charge in [0.15, 0.2) is 0 Å². The van der Waals surface area contributed by atoms with E-state index in [1.54, 1.807) is 0 Å². The Morgan fingerprint density at radius 1 is 1.38 bits per heavy atom. The van der Waals surface area contributed by atoms with Crippen LogP contribution in [0.15, 0.2) is 0 Å². The van der Waals surface area contributed by atoms with Gasteiger partial charge in [-0.15, -0.1) is 5.10 Å². The fourth-order valence-electron chi connectivity index (χ4n) is 1.58. The third-order valence-electron chi connectivity index (χ3n) is 2.73. The number of methoxy groups -OCH3 is 1. The van der Waals surface area contributed by atoms with Crippen LogP contribution in [0.3, 0.4) is 0 Å². The first-order chi connectivity index (χ1) is 9.86. The molecule has 1 heterocycles. The summed E-state index contributed by atoms with van der Waals surface area (Å²) in [6, 6.07) is -1.17. The van der Waals surface area contributed by atoms with Crippen LogP contribution in [-0.4, -0.2) is 45.7 Å². The summed E-state index contributed by atoms with van der Waals surface area (Å²) in [6.45, 7) is 3.72. The Balaban J connectivity index is 2.74. The summed E-state index contributed by atoms with van der Waals surface area (Å²) in [6.07, 6.45) is -0.136.